The molecule has 0 saturated carbocycles. The van der Waals surface area contributed by atoms with Crippen LogP contribution >= 0.6 is 11.3 Å². The maximum Gasteiger partial charge on any atom is 0.410 e. The highest BCUT2D eigenvalue weighted by Gasteiger charge is 2.27. The summed E-state index contributed by atoms with van der Waals surface area (Å²) in [5.74, 6) is 0. The Bertz CT molecular complexity index is 490. The number of amides is 3. The Hall–Kier alpha value is -1.83. The molecule has 1 fully saturated rings. The summed E-state index contributed by atoms with van der Waals surface area (Å²) in [5, 5.41) is 5.11. The summed E-state index contributed by atoms with van der Waals surface area (Å²) in [6.45, 7) is 7.42. The predicted molar refractivity (Wildman–Crippen MR) is 80.5 cm³/mol. The van der Waals surface area contributed by atoms with E-state index in [1.54, 1.807) is 21.4 Å². The Morgan fingerprint density at radius 2 is 1.86 bits per heavy atom. The Morgan fingerprint density at radius 3 is 2.38 bits per heavy atom. The van der Waals surface area contributed by atoms with Gasteiger partial charge in [0.2, 0.25) is 0 Å². The van der Waals surface area contributed by atoms with Gasteiger partial charge in [-0.3, -0.25) is 5.32 Å². The van der Waals surface area contributed by atoms with E-state index in [0.29, 0.717) is 31.3 Å². The van der Waals surface area contributed by atoms with Gasteiger partial charge in [0.1, 0.15) is 5.60 Å². The van der Waals surface area contributed by atoms with Crippen molar-refractivity contribution >= 4 is 28.6 Å². The van der Waals surface area contributed by atoms with Gasteiger partial charge >= 0.3 is 12.1 Å². The molecule has 0 unspecified atom stereocenters. The number of piperazine rings is 1. The number of thiazole rings is 1. The van der Waals surface area contributed by atoms with Crippen molar-refractivity contribution in [3.63, 3.8) is 0 Å². The fourth-order valence-corrected chi connectivity index (χ4v) is 2.39. The lowest BCUT2D eigenvalue weighted by Gasteiger charge is -2.35. The SMILES string of the molecule is CC(C)(C)OC(=O)N1CCN(C(=O)Nc2nccs2)CC1. The number of aromatic nitrogens is 1. The molecule has 2 heterocycles. The molecule has 1 N–H and O–H groups in total. The van der Waals surface area contributed by atoms with Crippen molar-refractivity contribution in [2.24, 2.45) is 0 Å². The Labute approximate surface area is 127 Å². The molecular weight excluding hydrogens is 292 g/mol. The van der Waals surface area contributed by atoms with Gasteiger partial charge in [0.05, 0.1) is 0 Å². The Balaban J connectivity index is 1.80. The standard InChI is InChI=1S/C13H20N4O3S/c1-13(2,3)20-12(19)17-7-5-16(6-8-17)11(18)15-10-14-4-9-21-10/h4,9H,5-8H2,1-3H3,(H,14,15,18). The van der Waals surface area contributed by atoms with E-state index in [2.05, 4.69) is 10.3 Å². The molecule has 116 valence electrons. The fraction of sp³-hybridized carbons (Fsp3) is 0.615. The van der Waals surface area contributed by atoms with Crippen LogP contribution in [0.1, 0.15) is 20.8 Å². The Kier molecular flexibility index (Phi) is 4.66. The maximum atomic E-state index is 12.0. The van der Waals surface area contributed by atoms with Crippen molar-refractivity contribution in [1.29, 1.82) is 0 Å². The van der Waals surface area contributed by atoms with E-state index in [9.17, 15) is 9.59 Å². The van der Waals surface area contributed by atoms with Crippen molar-refractivity contribution in [2.75, 3.05) is 31.5 Å². The zero-order valence-corrected chi connectivity index (χ0v) is 13.3. The summed E-state index contributed by atoms with van der Waals surface area (Å²) in [4.78, 5) is 31.2. The molecule has 2 rings (SSSR count). The second kappa shape index (κ2) is 6.30. The third kappa shape index (κ3) is 4.59. The van der Waals surface area contributed by atoms with Crippen LogP contribution in [0, 0.1) is 0 Å². The van der Waals surface area contributed by atoms with Crippen molar-refractivity contribution in [1.82, 2.24) is 14.8 Å². The average Bonchev–Trinajstić information content (AvgIpc) is 2.90. The first-order valence-electron chi connectivity index (χ1n) is 6.78. The molecule has 0 bridgehead atoms. The summed E-state index contributed by atoms with van der Waals surface area (Å²) in [6.07, 6.45) is 1.31. The molecule has 0 aromatic carbocycles. The fourth-order valence-electron chi connectivity index (χ4n) is 1.87. The maximum absolute atomic E-state index is 12.0. The average molecular weight is 312 g/mol. The van der Waals surface area contributed by atoms with Gasteiger partial charge in [-0.15, -0.1) is 11.3 Å². The van der Waals surface area contributed by atoms with Crippen molar-refractivity contribution in [3.8, 4) is 0 Å². The van der Waals surface area contributed by atoms with Crippen molar-refractivity contribution in [3.05, 3.63) is 11.6 Å². The first kappa shape index (κ1) is 15.6. The third-order valence-electron chi connectivity index (χ3n) is 2.86. The minimum absolute atomic E-state index is 0.186. The lowest BCUT2D eigenvalue weighted by Crippen LogP contribution is -2.52. The van der Waals surface area contributed by atoms with Crippen molar-refractivity contribution in [2.45, 2.75) is 26.4 Å². The number of anilines is 1. The van der Waals surface area contributed by atoms with E-state index in [-0.39, 0.29) is 12.1 Å². The highest BCUT2D eigenvalue weighted by atomic mass is 32.1. The minimum Gasteiger partial charge on any atom is -0.444 e. The van der Waals surface area contributed by atoms with E-state index >= 15 is 0 Å². The van der Waals surface area contributed by atoms with Crippen LogP contribution in [0.15, 0.2) is 11.6 Å². The number of nitrogens with one attached hydrogen (secondary N) is 1. The number of urea groups is 1. The van der Waals surface area contributed by atoms with Gasteiger partial charge < -0.3 is 14.5 Å². The molecule has 0 radical (unpaired) electrons. The van der Waals surface area contributed by atoms with Gasteiger partial charge in [-0.2, -0.15) is 0 Å². The molecule has 1 aromatic heterocycles. The van der Waals surface area contributed by atoms with Gasteiger partial charge in [-0.05, 0) is 20.8 Å². The number of carbonyl (C=O) groups excluding carboxylic acids is 2. The minimum atomic E-state index is -0.504. The van der Waals surface area contributed by atoms with Crippen LogP contribution in [-0.4, -0.2) is 58.7 Å². The summed E-state index contributed by atoms with van der Waals surface area (Å²) in [7, 11) is 0. The molecule has 1 aliphatic heterocycles. The van der Waals surface area contributed by atoms with Crippen LogP contribution in [0.5, 0.6) is 0 Å². The first-order valence-corrected chi connectivity index (χ1v) is 7.66. The van der Waals surface area contributed by atoms with Crippen LogP contribution in [0.2, 0.25) is 0 Å². The quantitative estimate of drug-likeness (QED) is 0.863. The smallest absolute Gasteiger partial charge is 0.410 e. The summed E-state index contributed by atoms with van der Waals surface area (Å²) < 4.78 is 5.32. The Morgan fingerprint density at radius 1 is 1.24 bits per heavy atom. The number of hydrogen-bond donors (Lipinski definition) is 1. The molecule has 8 heteroatoms. The predicted octanol–water partition coefficient (Wildman–Crippen LogP) is 2.23. The number of ether oxygens (including phenoxy) is 1. The topological polar surface area (TPSA) is 74.8 Å². The number of hydrogen-bond acceptors (Lipinski definition) is 5. The van der Waals surface area contributed by atoms with Crippen LogP contribution in [0.4, 0.5) is 14.7 Å². The van der Waals surface area contributed by atoms with Gasteiger partial charge in [0, 0.05) is 37.8 Å². The zero-order valence-electron chi connectivity index (χ0n) is 12.5. The lowest BCUT2D eigenvalue weighted by molar-refractivity contribution is 0.0174. The molecule has 0 aliphatic carbocycles. The largest absolute Gasteiger partial charge is 0.444 e. The zero-order chi connectivity index (χ0) is 15.5. The van der Waals surface area contributed by atoms with Gasteiger partial charge in [0.15, 0.2) is 5.13 Å². The highest BCUT2D eigenvalue weighted by Crippen LogP contribution is 2.14. The molecule has 3 amide bonds. The molecule has 0 spiro atoms. The number of rotatable bonds is 1. The lowest BCUT2D eigenvalue weighted by atomic mass is 10.2. The molecule has 1 aliphatic rings. The summed E-state index contributed by atoms with van der Waals surface area (Å²) in [6, 6.07) is -0.186. The van der Waals surface area contributed by atoms with Gasteiger partial charge in [-0.1, -0.05) is 0 Å². The number of nitrogens with zero attached hydrogens (tertiary/aromatic N) is 3. The highest BCUT2D eigenvalue weighted by molar-refractivity contribution is 7.13. The van der Waals surface area contributed by atoms with E-state index in [4.69, 9.17) is 4.74 Å². The molecule has 1 aromatic rings. The summed E-state index contributed by atoms with van der Waals surface area (Å²) in [5.41, 5.74) is -0.504. The second-order valence-corrected chi connectivity index (χ2v) is 6.62. The third-order valence-corrected chi connectivity index (χ3v) is 3.55. The van der Waals surface area contributed by atoms with Crippen LogP contribution < -0.4 is 5.32 Å². The van der Waals surface area contributed by atoms with Crippen LogP contribution in [0.25, 0.3) is 0 Å². The van der Waals surface area contributed by atoms with E-state index in [0.717, 1.165) is 0 Å². The molecule has 7 nitrogen and oxygen atoms in total. The van der Waals surface area contributed by atoms with E-state index in [1.165, 1.54) is 11.3 Å². The van der Waals surface area contributed by atoms with Crippen LogP contribution in [-0.2, 0) is 4.74 Å². The van der Waals surface area contributed by atoms with E-state index in [1.807, 2.05) is 20.8 Å². The van der Waals surface area contributed by atoms with Gasteiger partial charge in [-0.25, -0.2) is 14.6 Å². The van der Waals surface area contributed by atoms with Crippen molar-refractivity contribution < 1.29 is 14.3 Å². The van der Waals surface area contributed by atoms with E-state index < -0.39 is 5.60 Å². The van der Waals surface area contributed by atoms with Gasteiger partial charge in [0.25, 0.3) is 0 Å². The summed E-state index contributed by atoms with van der Waals surface area (Å²) >= 11 is 1.37. The number of carbonyl (C=O) groups is 2. The molecule has 1 saturated heterocycles. The normalized spacial score (nSPS) is 15.8. The monoisotopic (exact) mass is 312 g/mol. The molecular formula is C13H20N4O3S. The second-order valence-electron chi connectivity index (χ2n) is 5.72. The first-order chi connectivity index (χ1) is 9.85. The molecule has 0 atom stereocenters. The molecule has 21 heavy (non-hydrogen) atoms. The van der Waals surface area contributed by atoms with Crippen LogP contribution in [0.3, 0.4) is 0 Å².